The molecule has 0 aliphatic heterocycles. The summed E-state index contributed by atoms with van der Waals surface area (Å²) >= 11 is 0. The Morgan fingerprint density at radius 1 is 0.218 bits per heavy atom. The molecule has 0 N–H and O–H groups in total. The lowest BCUT2D eigenvalue weighted by Crippen LogP contribution is -1.94. The Kier molecular flexibility index (Phi) is 7.25. The van der Waals surface area contributed by atoms with Crippen LogP contribution < -0.4 is 0 Å². The predicted octanol–water partition coefficient (Wildman–Crippen LogP) is 14.9. The fourth-order valence-corrected chi connectivity index (χ4v) is 8.42. The first-order valence-electron chi connectivity index (χ1n) is 19.0. The van der Waals surface area contributed by atoms with Crippen molar-refractivity contribution in [3.05, 3.63) is 212 Å². The van der Waals surface area contributed by atoms with E-state index >= 15 is 0 Å². The van der Waals surface area contributed by atoms with Crippen LogP contribution in [-0.2, 0) is 0 Å². The first-order chi connectivity index (χ1) is 27.2. The van der Waals surface area contributed by atoms with Crippen molar-refractivity contribution in [3.63, 3.8) is 0 Å². The zero-order valence-corrected chi connectivity index (χ0v) is 30.2. The molecular weight excluding hydrogens is 663 g/mol. The van der Waals surface area contributed by atoms with E-state index in [1.807, 2.05) is 0 Å². The molecule has 256 valence electrons. The fourth-order valence-electron chi connectivity index (χ4n) is 8.42. The van der Waals surface area contributed by atoms with E-state index in [1.54, 1.807) is 0 Å². The number of fused-ring (bicyclic) bond motifs is 6. The largest absolute Gasteiger partial charge is 0.309 e. The molecule has 0 atom stereocenters. The SMILES string of the molecule is c1ccc2cc(-c3ccc(-c4ccc5c(c4)c4cc(-c6ccc(-c7ccc8ccccc8c7)cc6)ccc4n5-c4ccc5ccccc5c4)cc3)ccc2c1. The minimum Gasteiger partial charge on any atom is -0.309 e. The summed E-state index contributed by atoms with van der Waals surface area (Å²) in [7, 11) is 0. The lowest BCUT2D eigenvalue weighted by atomic mass is 9.96. The van der Waals surface area contributed by atoms with Crippen molar-refractivity contribution in [2.45, 2.75) is 0 Å². The van der Waals surface area contributed by atoms with E-state index in [2.05, 4.69) is 217 Å². The maximum atomic E-state index is 2.43. The van der Waals surface area contributed by atoms with Gasteiger partial charge >= 0.3 is 0 Å². The summed E-state index contributed by atoms with van der Waals surface area (Å²) in [5, 5.41) is 10.0. The third-order valence-electron chi connectivity index (χ3n) is 11.4. The van der Waals surface area contributed by atoms with Gasteiger partial charge in [-0.25, -0.2) is 0 Å². The second-order valence-corrected chi connectivity index (χ2v) is 14.6. The molecule has 0 amide bonds. The van der Waals surface area contributed by atoms with E-state index < -0.39 is 0 Å². The van der Waals surface area contributed by atoms with Gasteiger partial charge in [0.1, 0.15) is 0 Å². The van der Waals surface area contributed by atoms with Gasteiger partial charge in [-0.05, 0) is 125 Å². The van der Waals surface area contributed by atoms with Crippen LogP contribution in [0.25, 0.3) is 104 Å². The van der Waals surface area contributed by atoms with Gasteiger partial charge in [0.2, 0.25) is 0 Å². The Labute approximate surface area is 320 Å². The van der Waals surface area contributed by atoms with Gasteiger partial charge in [-0.15, -0.1) is 0 Å². The number of aromatic nitrogens is 1. The number of rotatable bonds is 5. The molecule has 11 rings (SSSR count). The predicted molar refractivity (Wildman–Crippen MR) is 235 cm³/mol. The Morgan fingerprint density at radius 2 is 0.527 bits per heavy atom. The summed E-state index contributed by atoms with van der Waals surface area (Å²) in [5.41, 5.74) is 13.3. The van der Waals surface area contributed by atoms with Crippen molar-refractivity contribution in [1.29, 1.82) is 0 Å². The van der Waals surface area contributed by atoms with Crippen LogP contribution in [-0.4, -0.2) is 4.57 Å². The van der Waals surface area contributed by atoms with Crippen molar-refractivity contribution < 1.29 is 0 Å². The van der Waals surface area contributed by atoms with E-state index in [1.165, 1.54) is 104 Å². The molecule has 0 spiro atoms. The maximum absolute atomic E-state index is 2.43. The maximum Gasteiger partial charge on any atom is 0.0541 e. The summed E-state index contributed by atoms with van der Waals surface area (Å²) in [5.74, 6) is 0. The molecule has 1 aromatic heterocycles. The second-order valence-electron chi connectivity index (χ2n) is 14.6. The molecule has 0 bridgehead atoms. The average molecular weight is 698 g/mol. The molecule has 1 heterocycles. The standard InChI is InChI=1S/C54H35N/c1-4-10-43-31-46(23-21-36(43)7-1)39-13-17-41(18-14-39)48-26-29-53-51(34-48)52-35-49(27-30-54(52)55(53)50-28-25-38-9-3-6-12-45(38)33-50)42-19-15-40(16-20-42)47-24-22-37-8-2-5-11-44(37)32-47/h1-35H. The van der Waals surface area contributed by atoms with Gasteiger partial charge in [-0.3, -0.25) is 0 Å². The zero-order valence-electron chi connectivity index (χ0n) is 30.2. The third kappa shape index (κ3) is 5.48. The van der Waals surface area contributed by atoms with E-state index in [4.69, 9.17) is 0 Å². The van der Waals surface area contributed by atoms with Gasteiger partial charge in [0.25, 0.3) is 0 Å². The smallest absolute Gasteiger partial charge is 0.0541 e. The summed E-state index contributed by atoms with van der Waals surface area (Å²) in [6.07, 6.45) is 0. The van der Waals surface area contributed by atoms with Crippen molar-refractivity contribution in [2.75, 3.05) is 0 Å². The van der Waals surface area contributed by atoms with Crippen LogP contribution in [0.4, 0.5) is 0 Å². The highest BCUT2D eigenvalue weighted by Crippen LogP contribution is 2.39. The minimum absolute atomic E-state index is 1.17. The molecule has 1 heteroatoms. The van der Waals surface area contributed by atoms with Gasteiger partial charge in [-0.2, -0.15) is 0 Å². The van der Waals surface area contributed by atoms with Crippen molar-refractivity contribution in [3.8, 4) is 50.2 Å². The van der Waals surface area contributed by atoms with E-state index in [0.717, 1.165) is 0 Å². The fraction of sp³-hybridized carbons (Fsp3) is 0. The molecular formula is C54H35N. The molecule has 10 aromatic carbocycles. The molecule has 0 fully saturated rings. The van der Waals surface area contributed by atoms with Crippen molar-refractivity contribution in [2.24, 2.45) is 0 Å². The van der Waals surface area contributed by atoms with Crippen LogP contribution in [0, 0.1) is 0 Å². The van der Waals surface area contributed by atoms with Crippen LogP contribution in [0.5, 0.6) is 0 Å². The Balaban J connectivity index is 1.02. The lowest BCUT2D eigenvalue weighted by molar-refractivity contribution is 1.19. The molecule has 55 heavy (non-hydrogen) atoms. The summed E-state index contributed by atoms with van der Waals surface area (Å²) < 4.78 is 2.43. The van der Waals surface area contributed by atoms with Crippen LogP contribution in [0.3, 0.4) is 0 Å². The molecule has 0 unspecified atom stereocenters. The minimum atomic E-state index is 1.17. The monoisotopic (exact) mass is 697 g/mol. The number of hydrogen-bond acceptors (Lipinski definition) is 0. The van der Waals surface area contributed by atoms with Gasteiger partial charge in [-0.1, -0.05) is 164 Å². The molecule has 0 radical (unpaired) electrons. The van der Waals surface area contributed by atoms with E-state index in [0.29, 0.717) is 0 Å². The normalized spacial score (nSPS) is 11.6. The van der Waals surface area contributed by atoms with Crippen molar-refractivity contribution >= 4 is 54.1 Å². The van der Waals surface area contributed by atoms with Gasteiger partial charge in [0.05, 0.1) is 11.0 Å². The first-order valence-corrected chi connectivity index (χ1v) is 19.0. The average Bonchev–Trinajstić information content (AvgIpc) is 3.59. The second kappa shape index (κ2) is 12.7. The molecule has 1 nitrogen and oxygen atoms in total. The number of benzene rings is 10. The zero-order chi connectivity index (χ0) is 36.3. The van der Waals surface area contributed by atoms with Crippen molar-refractivity contribution in [1.82, 2.24) is 4.57 Å². The first kappa shape index (κ1) is 31.3. The molecule has 0 saturated carbocycles. The number of hydrogen-bond donors (Lipinski definition) is 0. The summed E-state index contributed by atoms with van der Waals surface area (Å²) in [6.45, 7) is 0. The Hall–Kier alpha value is -7.22. The topological polar surface area (TPSA) is 4.93 Å². The third-order valence-corrected chi connectivity index (χ3v) is 11.4. The molecule has 11 aromatic rings. The Morgan fingerprint density at radius 3 is 0.945 bits per heavy atom. The van der Waals surface area contributed by atoms with Crippen LogP contribution in [0.1, 0.15) is 0 Å². The quantitative estimate of drug-likeness (QED) is 0.169. The van der Waals surface area contributed by atoms with Crippen LogP contribution in [0.15, 0.2) is 212 Å². The lowest BCUT2D eigenvalue weighted by Gasteiger charge is -2.10. The number of nitrogens with zero attached hydrogens (tertiary/aromatic N) is 1. The Bertz CT molecular complexity index is 3060. The van der Waals surface area contributed by atoms with Gasteiger partial charge in [0.15, 0.2) is 0 Å². The highest BCUT2D eigenvalue weighted by atomic mass is 15.0. The summed E-state index contributed by atoms with van der Waals surface area (Å²) in [4.78, 5) is 0. The van der Waals surface area contributed by atoms with E-state index in [9.17, 15) is 0 Å². The van der Waals surface area contributed by atoms with E-state index in [-0.39, 0.29) is 0 Å². The highest BCUT2D eigenvalue weighted by molar-refractivity contribution is 6.12. The summed E-state index contributed by atoms with van der Waals surface area (Å²) in [6, 6.07) is 77.9. The highest BCUT2D eigenvalue weighted by Gasteiger charge is 2.16. The van der Waals surface area contributed by atoms with Crippen LogP contribution >= 0.6 is 0 Å². The van der Waals surface area contributed by atoms with Crippen LogP contribution in [0.2, 0.25) is 0 Å². The van der Waals surface area contributed by atoms with Gasteiger partial charge in [0, 0.05) is 16.5 Å². The van der Waals surface area contributed by atoms with Gasteiger partial charge < -0.3 is 4.57 Å². The molecule has 0 aliphatic carbocycles. The molecule has 0 saturated heterocycles. The molecule has 0 aliphatic rings.